The molecule has 0 amide bonds. The first-order valence-electron chi connectivity index (χ1n) is 7.57. The number of ketones is 1. The summed E-state index contributed by atoms with van der Waals surface area (Å²) in [5.74, 6) is -2.72. The van der Waals surface area contributed by atoms with Gasteiger partial charge in [-0.05, 0) is 11.1 Å². The van der Waals surface area contributed by atoms with Crippen molar-refractivity contribution in [1.82, 2.24) is 0 Å². The molecule has 3 aliphatic carbocycles. The molecule has 0 N–H and O–H groups in total. The minimum atomic E-state index is -1.88. The van der Waals surface area contributed by atoms with Crippen LogP contribution < -0.4 is 0 Å². The SMILES string of the molecule is N#CC1(C#N)[C@@H]2c3ccccc3[C@H]3C=C[C@@H]([C@@H]2C3=O)C1(C#N)C#N. The van der Waals surface area contributed by atoms with Crippen molar-refractivity contribution in [3.63, 3.8) is 0 Å². The minimum absolute atomic E-state index is 0.103. The zero-order chi connectivity index (χ0) is 17.1. The van der Waals surface area contributed by atoms with E-state index in [1.165, 1.54) is 0 Å². The highest BCUT2D eigenvalue weighted by atomic mass is 16.1. The van der Waals surface area contributed by atoms with E-state index >= 15 is 0 Å². The van der Waals surface area contributed by atoms with Crippen molar-refractivity contribution in [3.05, 3.63) is 47.5 Å². The molecule has 4 atom stereocenters. The molecule has 1 aromatic rings. The van der Waals surface area contributed by atoms with Gasteiger partial charge in [-0.15, -0.1) is 0 Å². The van der Waals surface area contributed by atoms with Crippen molar-refractivity contribution in [2.45, 2.75) is 11.8 Å². The van der Waals surface area contributed by atoms with Gasteiger partial charge in [0.15, 0.2) is 10.8 Å². The van der Waals surface area contributed by atoms with Crippen LogP contribution in [0.25, 0.3) is 0 Å². The molecule has 1 aromatic carbocycles. The predicted octanol–water partition coefficient (Wildman–Crippen LogP) is 2.32. The topological polar surface area (TPSA) is 112 Å². The summed E-state index contributed by atoms with van der Waals surface area (Å²) in [6.45, 7) is 0. The molecule has 1 saturated carbocycles. The lowest BCUT2D eigenvalue weighted by Crippen LogP contribution is -2.39. The lowest BCUT2D eigenvalue weighted by molar-refractivity contribution is -0.125. The van der Waals surface area contributed by atoms with Gasteiger partial charge in [-0.2, -0.15) is 21.0 Å². The fraction of sp³-hybridized carbons (Fsp3) is 0.316. The lowest BCUT2D eigenvalue weighted by Gasteiger charge is -2.37. The summed E-state index contributed by atoms with van der Waals surface area (Å²) in [6.07, 6.45) is 3.41. The van der Waals surface area contributed by atoms with Crippen LogP contribution in [0.4, 0.5) is 0 Å². The van der Waals surface area contributed by atoms with E-state index in [1.54, 1.807) is 24.3 Å². The summed E-state index contributed by atoms with van der Waals surface area (Å²) in [5.41, 5.74) is -2.24. The van der Waals surface area contributed by atoms with Gasteiger partial charge in [-0.25, -0.2) is 0 Å². The molecule has 24 heavy (non-hydrogen) atoms. The van der Waals surface area contributed by atoms with E-state index in [4.69, 9.17) is 0 Å². The fourth-order valence-corrected chi connectivity index (χ4v) is 4.84. The van der Waals surface area contributed by atoms with Gasteiger partial charge in [0, 0.05) is 17.8 Å². The summed E-state index contributed by atoms with van der Waals surface area (Å²) in [6, 6.07) is 15.1. The Bertz CT molecular complexity index is 950. The van der Waals surface area contributed by atoms with Gasteiger partial charge in [-0.1, -0.05) is 36.4 Å². The molecule has 0 aliphatic heterocycles. The number of nitrogens with zero attached hydrogens (tertiary/aromatic N) is 4. The molecule has 0 unspecified atom stereocenters. The lowest BCUT2D eigenvalue weighted by atomic mass is 9.60. The van der Waals surface area contributed by atoms with Gasteiger partial charge in [0.25, 0.3) is 0 Å². The van der Waals surface area contributed by atoms with Gasteiger partial charge in [0.05, 0.1) is 30.2 Å². The highest BCUT2D eigenvalue weighted by molar-refractivity contribution is 5.96. The molecule has 0 saturated heterocycles. The van der Waals surface area contributed by atoms with Crippen LogP contribution in [0.2, 0.25) is 0 Å². The monoisotopic (exact) mass is 310 g/mol. The number of carbonyl (C=O) groups is 1. The van der Waals surface area contributed by atoms with Crippen LogP contribution in [0.3, 0.4) is 0 Å². The van der Waals surface area contributed by atoms with E-state index in [0.717, 1.165) is 11.1 Å². The van der Waals surface area contributed by atoms with Crippen LogP contribution in [-0.4, -0.2) is 5.78 Å². The number of rotatable bonds is 0. The number of fused-ring (bicyclic) bond motifs is 4. The quantitative estimate of drug-likeness (QED) is 0.682. The zero-order valence-electron chi connectivity index (χ0n) is 12.5. The molecule has 0 radical (unpaired) electrons. The van der Waals surface area contributed by atoms with Crippen molar-refractivity contribution >= 4 is 5.78 Å². The molecule has 112 valence electrons. The van der Waals surface area contributed by atoms with E-state index in [1.807, 2.05) is 36.4 Å². The fourth-order valence-electron chi connectivity index (χ4n) is 4.84. The van der Waals surface area contributed by atoms with Gasteiger partial charge in [-0.3, -0.25) is 4.79 Å². The number of benzene rings is 1. The maximum Gasteiger partial charge on any atom is 0.183 e. The molecule has 1 fully saturated rings. The highest BCUT2D eigenvalue weighted by Crippen LogP contribution is 2.69. The summed E-state index contributed by atoms with van der Waals surface area (Å²) in [5, 5.41) is 39.4. The van der Waals surface area contributed by atoms with E-state index in [-0.39, 0.29) is 5.78 Å². The number of nitriles is 4. The maximum atomic E-state index is 13.0. The molecule has 4 rings (SSSR count). The van der Waals surface area contributed by atoms with Crippen molar-refractivity contribution < 1.29 is 4.79 Å². The van der Waals surface area contributed by atoms with Crippen molar-refractivity contribution in [2.75, 3.05) is 0 Å². The van der Waals surface area contributed by atoms with Crippen molar-refractivity contribution in [2.24, 2.45) is 22.7 Å². The standard InChI is InChI=1S/C19H10N4O/c20-7-18(8-21)14-6-5-13-11-3-1-2-4-12(11)16(15(14)17(13)24)19(18,9-22)10-23/h1-6,13-16H/t13-,14+,15+,16-/m1/s1. The molecule has 5 heteroatoms. The number of Topliss-reactive ketones (excluding diaryl/α,β-unsaturated/α-hetero) is 1. The van der Waals surface area contributed by atoms with Crippen LogP contribution in [0.5, 0.6) is 0 Å². The maximum absolute atomic E-state index is 13.0. The van der Waals surface area contributed by atoms with E-state index in [2.05, 4.69) is 0 Å². The Kier molecular flexibility index (Phi) is 2.56. The number of allylic oxidation sites excluding steroid dienone is 2. The Morgan fingerprint density at radius 2 is 1.42 bits per heavy atom. The average Bonchev–Trinajstić information content (AvgIpc) is 2.90. The molecular formula is C19H10N4O. The molecule has 0 heterocycles. The molecular weight excluding hydrogens is 300 g/mol. The van der Waals surface area contributed by atoms with Crippen LogP contribution in [0.15, 0.2) is 36.4 Å². The Balaban J connectivity index is 2.18. The Morgan fingerprint density at radius 1 is 0.833 bits per heavy atom. The molecule has 5 nitrogen and oxygen atoms in total. The van der Waals surface area contributed by atoms with Crippen LogP contribution >= 0.6 is 0 Å². The third-order valence-corrected chi connectivity index (χ3v) is 5.85. The Labute approximate surface area is 138 Å². The van der Waals surface area contributed by atoms with Crippen LogP contribution in [-0.2, 0) is 4.79 Å². The third-order valence-electron chi connectivity index (χ3n) is 5.85. The average molecular weight is 310 g/mol. The molecule has 0 spiro atoms. The second-order valence-corrected chi connectivity index (χ2v) is 6.49. The third kappa shape index (κ3) is 1.19. The van der Waals surface area contributed by atoms with E-state index < -0.39 is 34.5 Å². The molecule has 3 aliphatic rings. The van der Waals surface area contributed by atoms with Gasteiger partial charge >= 0.3 is 0 Å². The normalized spacial score (nSPS) is 32.6. The van der Waals surface area contributed by atoms with Crippen molar-refractivity contribution in [1.29, 1.82) is 21.0 Å². The zero-order valence-corrected chi connectivity index (χ0v) is 12.5. The van der Waals surface area contributed by atoms with Crippen molar-refractivity contribution in [3.8, 4) is 24.3 Å². The summed E-state index contributed by atoms with van der Waals surface area (Å²) >= 11 is 0. The molecule has 2 bridgehead atoms. The predicted molar refractivity (Wildman–Crippen MR) is 80.4 cm³/mol. The highest BCUT2D eigenvalue weighted by Gasteiger charge is 2.75. The summed E-state index contributed by atoms with van der Waals surface area (Å²) < 4.78 is 0. The Morgan fingerprint density at radius 3 is 2.00 bits per heavy atom. The number of hydrogen-bond donors (Lipinski definition) is 0. The first-order valence-corrected chi connectivity index (χ1v) is 7.57. The number of carbonyl (C=O) groups excluding carboxylic acids is 1. The summed E-state index contributed by atoms with van der Waals surface area (Å²) in [4.78, 5) is 13.0. The minimum Gasteiger partial charge on any atom is -0.298 e. The second kappa shape index (κ2) is 4.32. The van der Waals surface area contributed by atoms with Crippen LogP contribution in [0.1, 0.15) is 23.0 Å². The first kappa shape index (κ1) is 14.2. The first-order chi connectivity index (χ1) is 11.6. The molecule has 0 aromatic heterocycles. The van der Waals surface area contributed by atoms with Gasteiger partial charge < -0.3 is 0 Å². The number of hydrogen-bond acceptors (Lipinski definition) is 5. The van der Waals surface area contributed by atoms with Gasteiger partial charge in [0.1, 0.15) is 5.78 Å². The van der Waals surface area contributed by atoms with Gasteiger partial charge in [0.2, 0.25) is 0 Å². The summed E-state index contributed by atoms with van der Waals surface area (Å²) in [7, 11) is 0. The van der Waals surface area contributed by atoms with E-state index in [0.29, 0.717) is 0 Å². The largest absolute Gasteiger partial charge is 0.298 e. The van der Waals surface area contributed by atoms with E-state index in [9.17, 15) is 25.8 Å². The Hall–Kier alpha value is -3.41. The smallest absolute Gasteiger partial charge is 0.183 e. The van der Waals surface area contributed by atoms with Crippen LogP contribution in [0, 0.1) is 68.0 Å². The second-order valence-electron chi connectivity index (χ2n) is 6.49.